The van der Waals surface area contributed by atoms with Crippen molar-refractivity contribution >= 4 is 100 Å². The average Bonchev–Trinajstić information content (AvgIpc) is 4.15. The molecule has 2 aliphatic rings. The van der Waals surface area contributed by atoms with Gasteiger partial charge in [0, 0.05) is 25.1 Å². The first-order chi connectivity index (χ1) is 42.8. The highest BCUT2D eigenvalue weighted by molar-refractivity contribution is 8.00. The molecule has 1 aromatic rings. The summed E-state index contributed by atoms with van der Waals surface area (Å²) in [4.78, 5) is 204. The van der Waals surface area contributed by atoms with Crippen LogP contribution in [0, 0.1) is 11.8 Å². The molecule has 0 unspecified atom stereocenters. The zero-order valence-electron chi connectivity index (χ0n) is 52.0. The summed E-state index contributed by atoms with van der Waals surface area (Å²) in [5, 5.41) is 47.7. The van der Waals surface area contributed by atoms with Gasteiger partial charge in [-0.1, -0.05) is 39.8 Å². The number of phenolic OH excluding ortho intramolecular Hbond substituents is 1. The van der Waals surface area contributed by atoms with Crippen molar-refractivity contribution in [3.63, 3.8) is 0 Å². The average molecular weight is 1300 g/mol. The maximum atomic E-state index is 14.6. The van der Waals surface area contributed by atoms with E-state index in [2.05, 4.69) is 58.5 Å². The number of aliphatic hydroxyl groups is 1. The maximum absolute atomic E-state index is 14.6. The predicted molar refractivity (Wildman–Crippen MR) is 328 cm³/mol. The molecule has 91 heavy (non-hydrogen) atoms. The van der Waals surface area contributed by atoms with E-state index >= 15 is 0 Å². The highest BCUT2D eigenvalue weighted by Gasteiger charge is 2.41. The molecule has 0 bridgehead atoms. The number of fused-ring (bicyclic) bond motifs is 1. The van der Waals surface area contributed by atoms with Crippen LogP contribution in [-0.4, -0.2) is 208 Å². The standard InChI is InChI=1S/C57H90N16O17S/c1-28(2)20-36-51(84)64-30(5)49(82)69-37(21-29(3)4)52(85)68-35(10-7-8-18-58)57(90)73-19-9-11-41(73)55(88)72-47(31(6)74)56(89)71-39(23-43(60)77)54(87)67-34(16-17-42(59)76)50(83)63-24-44(78)62-25-45(79)66-40(48(61)81)26-91-27-46(80)65-38(53(86)70-36)22-32-12-14-33(75)15-13-32/h12-15,28-31,34-41,47,74-75H,7-11,16-27,58H2,1-6H3,(H2,59,76)(H2,60,77)(H2,61,81)(H,62,78)(H,63,83)(H,64,84)(H,65,80)(H,66,79)(H,67,87)(H,68,85)(H,69,82)(H,70,86)(H,71,89)(H,72,88)/t30-,31+,34-,35-,36-,37-,38-,39-,40-,41-,47-/m0/s1. The molecule has 506 valence electrons. The Morgan fingerprint density at radius 1 is 0.593 bits per heavy atom. The maximum Gasteiger partial charge on any atom is 0.245 e. The van der Waals surface area contributed by atoms with E-state index < -0.39 is 193 Å². The minimum absolute atomic E-state index is 0.00775. The van der Waals surface area contributed by atoms with E-state index in [4.69, 9.17) is 22.9 Å². The third-order valence-electron chi connectivity index (χ3n) is 14.3. The molecule has 34 heteroatoms. The van der Waals surface area contributed by atoms with Crippen molar-refractivity contribution in [3.05, 3.63) is 29.8 Å². The number of primary amides is 3. The monoisotopic (exact) mass is 1300 g/mol. The number of nitrogens with two attached hydrogens (primary N) is 4. The summed E-state index contributed by atoms with van der Waals surface area (Å²) in [6, 6.07) is -9.07. The second kappa shape index (κ2) is 38.1. The molecule has 3 rings (SSSR count). The van der Waals surface area contributed by atoms with Crippen LogP contribution in [0.1, 0.15) is 111 Å². The molecule has 11 atom stereocenters. The van der Waals surface area contributed by atoms with Gasteiger partial charge < -0.3 is 96.5 Å². The van der Waals surface area contributed by atoms with Crippen LogP contribution in [0.15, 0.2) is 24.3 Å². The van der Waals surface area contributed by atoms with E-state index in [0.717, 1.165) is 18.7 Å². The Bertz CT molecular complexity index is 2770. The summed E-state index contributed by atoms with van der Waals surface area (Å²) in [6.07, 6.45) is -2.67. The fourth-order valence-corrected chi connectivity index (χ4v) is 10.5. The van der Waals surface area contributed by atoms with Crippen molar-refractivity contribution in [2.45, 2.75) is 179 Å². The number of unbranched alkanes of at least 4 members (excludes halogenated alkanes) is 1. The van der Waals surface area contributed by atoms with Crippen molar-refractivity contribution < 1.29 is 82.1 Å². The van der Waals surface area contributed by atoms with E-state index in [1.165, 1.54) is 36.1 Å². The van der Waals surface area contributed by atoms with Crippen LogP contribution in [0.5, 0.6) is 5.75 Å². The fraction of sp³-hybridized carbons (Fsp3) is 0.632. The lowest BCUT2D eigenvalue weighted by atomic mass is 10.00. The second-order valence-corrected chi connectivity index (χ2v) is 24.2. The number of hydrogen-bond donors (Lipinski definition) is 17. The predicted octanol–water partition coefficient (Wildman–Crippen LogP) is -6.48. The molecule has 2 heterocycles. The van der Waals surface area contributed by atoms with Gasteiger partial charge in [0.1, 0.15) is 66.2 Å². The lowest BCUT2D eigenvalue weighted by Crippen LogP contribution is -2.62. The molecule has 1 aromatic carbocycles. The summed E-state index contributed by atoms with van der Waals surface area (Å²) in [5.74, 6) is -15.6. The summed E-state index contributed by atoms with van der Waals surface area (Å²) in [5.41, 5.74) is 22.6. The SMILES string of the molecule is CC(C)C[C@@H]1NC(=O)[C@H](C)NC(=O)[C@H](CC(C)C)NC(=O)[C@H](Cc2ccc(O)cc2)NC(=O)CSC[C@@H](C(N)=O)NC(=O)CNC(=O)CNC(=O)[C@H](CCC(N)=O)NC(=O)[C@H](CC(N)=O)NC(=O)[C@H]([C@@H](C)O)NC(=O)[C@@H]2CCCN2C(=O)[C@H](CCCCN)NC1=O. The molecule has 0 saturated carbocycles. The van der Waals surface area contributed by atoms with E-state index in [0.29, 0.717) is 18.4 Å². The van der Waals surface area contributed by atoms with E-state index in [1.807, 2.05) is 0 Å². The first-order valence-electron chi connectivity index (χ1n) is 30.0. The molecule has 2 aliphatic heterocycles. The van der Waals surface area contributed by atoms with Crippen LogP contribution in [0.2, 0.25) is 0 Å². The lowest BCUT2D eigenvalue weighted by Gasteiger charge is -2.31. The van der Waals surface area contributed by atoms with Crippen LogP contribution in [-0.2, 0) is 78.3 Å². The van der Waals surface area contributed by atoms with Gasteiger partial charge in [-0.25, -0.2) is 0 Å². The Hall–Kier alpha value is -8.66. The van der Waals surface area contributed by atoms with Crippen molar-refractivity contribution in [2.24, 2.45) is 34.8 Å². The van der Waals surface area contributed by atoms with Crippen LogP contribution < -0.4 is 81.4 Å². The molecular formula is C57H90N16O17S. The molecular weight excluding hydrogens is 1210 g/mol. The number of hydrogen-bond acceptors (Lipinski definition) is 19. The minimum Gasteiger partial charge on any atom is -0.508 e. The van der Waals surface area contributed by atoms with Crippen molar-refractivity contribution in [1.29, 1.82) is 0 Å². The zero-order chi connectivity index (χ0) is 68.2. The first-order valence-corrected chi connectivity index (χ1v) is 31.1. The summed E-state index contributed by atoms with van der Waals surface area (Å²) < 4.78 is 0. The Kier molecular flexibility index (Phi) is 32.1. The molecule has 33 nitrogen and oxygen atoms in total. The number of aromatic hydroxyl groups is 1. The molecule has 0 spiro atoms. The Balaban J connectivity index is 2.08. The second-order valence-electron chi connectivity index (χ2n) is 23.2. The summed E-state index contributed by atoms with van der Waals surface area (Å²) >= 11 is 0.818. The van der Waals surface area contributed by atoms with Gasteiger partial charge in [-0.15, -0.1) is 11.8 Å². The number of rotatable bonds is 17. The third-order valence-corrected chi connectivity index (χ3v) is 15.4. The van der Waals surface area contributed by atoms with Gasteiger partial charge in [-0.3, -0.25) is 71.9 Å². The molecule has 21 N–H and O–H groups in total. The number of nitrogens with zero attached hydrogens (tertiary/aromatic N) is 1. The molecule has 0 radical (unpaired) electrons. The number of thioether (sulfide) groups is 1. The molecule has 0 aliphatic carbocycles. The number of nitrogens with one attached hydrogen (secondary N) is 11. The molecule has 2 saturated heterocycles. The number of carbonyl (C=O) groups is 15. The van der Waals surface area contributed by atoms with Crippen molar-refractivity contribution in [2.75, 3.05) is 37.7 Å². The minimum atomic E-state index is -1.90. The zero-order valence-corrected chi connectivity index (χ0v) is 52.8. The van der Waals surface area contributed by atoms with Gasteiger partial charge in [0.15, 0.2) is 0 Å². The molecule has 2 fully saturated rings. The van der Waals surface area contributed by atoms with Gasteiger partial charge in [0.25, 0.3) is 0 Å². The quantitative estimate of drug-likeness (QED) is 0.0645. The van der Waals surface area contributed by atoms with E-state index in [9.17, 15) is 82.1 Å². The molecule has 0 aromatic heterocycles. The lowest BCUT2D eigenvalue weighted by molar-refractivity contribution is -0.143. The topological polar surface area (TPSA) is 536 Å². The van der Waals surface area contributed by atoms with Crippen LogP contribution in [0.4, 0.5) is 0 Å². The van der Waals surface area contributed by atoms with E-state index in [-0.39, 0.29) is 75.0 Å². The Morgan fingerprint density at radius 2 is 1.15 bits per heavy atom. The van der Waals surface area contributed by atoms with Crippen molar-refractivity contribution in [3.8, 4) is 5.75 Å². The van der Waals surface area contributed by atoms with Gasteiger partial charge in [-0.05, 0) is 101 Å². The summed E-state index contributed by atoms with van der Waals surface area (Å²) in [7, 11) is 0. The fourth-order valence-electron chi connectivity index (χ4n) is 9.59. The van der Waals surface area contributed by atoms with Gasteiger partial charge >= 0.3 is 0 Å². The molecule has 15 amide bonds. The number of amides is 15. The number of carbonyl (C=O) groups excluding carboxylic acids is 15. The normalized spacial score (nSPS) is 25.6. The Morgan fingerprint density at radius 3 is 1.74 bits per heavy atom. The van der Waals surface area contributed by atoms with Crippen LogP contribution in [0.3, 0.4) is 0 Å². The smallest absolute Gasteiger partial charge is 0.245 e. The third kappa shape index (κ3) is 27.1. The van der Waals surface area contributed by atoms with Crippen molar-refractivity contribution in [1.82, 2.24) is 63.4 Å². The highest BCUT2D eigenvalue weighted by atomic mass is 32.2. The van der Waals surface area contributed by atoms with Gasteiger partial charge in [0.2, 0.25) is 88.6 Å². The highest BCUT2D eigenvalue weighted by Crippen LogP contribution is 2.22. The number of phenols is 1. The number of aliphatic hydroxyl groups excluding tert-OH is 1. The van der Waals surface area contributed by atoms with Gasteiger partial charge in [0.05, 0.1) is 31.4 Å². The van der Waals surface area contributed by atoms with Gasteiger partial charge in [-0.2, -0.15) is 0 Å². The summed E-state index contributed by atoms with van der Waals surface area (Å²) in [6.45, 7) is 8.13. The van der Waals surface area contributed by atoms with E-state index in [1.54, 1.807) is 27.7 Å². The first kappa shape index (κ1) is 76.6. The van der Waals surface area contributed by atoms with Crippen LogP contribution >= 0.6 is 11.8 Å². The largest absolute Gasteiger partial charge is 0.508 e. The Labute approximate surface area is 530 Å². The number of benzene rings is 1. The van der Waals surface area contributed by atoms with Crippen LogP contribution in [0.25, 0.3) is 0 Å².